The fourth-order valence-corrected chi connectivity index (χ4v) is 12.7. The molecule has 5 rings (SSSR count). The van der Waals surface area contributed by atoms with E-state index in [1.165, 1.54) is 12.1 Å². The van der Waals surface area contributed by atoms with Crippen molar-refractivity contribution in [2.24, 2.45) is 0 Å². The quantitative estimate of drug-likeness (QED) is 0.0690. The van der Waals surface area contributed by atoms with Crippen molar-refractivity contribution >= 4 is 32.7 Å². The highest BCUT2D eigenvalue weighted by Crippen LogP contribution is 2.40. The summed E-state index contributed by atoms with van der Waals surface area (Å²) in [5.74, 6) is 5.00. The van der Waals surface area contributed by atoms with Crippen LogP contribution in [0, 0.1) is 17.7 Å². The third-order valence-corrected chi connectivity index (χ3v) is 15.6. The third kappa shape index (κ3) is 9.29. The summed E-state index contributed by atoms with van der Waals surface area (Å²) in [6.07, 6.45) is -0.669. The van der Waals surface area contributed by atoms with Crippen LogP contribution in [0.5, 0.6) is 0 Å². The minimum absolute atomic E-state index is 0.00909. The van der Waals surface area contributed by atoms with Gasteiger partial charge in [-0.15, -0.1) is 4.52 Å². The predicted octanol–water partition coefficient (Wildman–Crippen LogP) is 9.77. The molecule has 6 nitrogen and oxygen atoms in total. The topological polar surface area (TPSA) is 85.7 Å². The molecule has 4 aromatic carbocycles. The summed E-state index contributed by atoms with van der Waals surface area (Å²) in [7, 11) is -5.49. The summed E-state index contributed by atoms with van der Waals surface area (Å²) in [5, 5.41) is 11.6. The fourth-order valence-electron chi connectivity index (χ4n) is 7.03. The average Bonchev–Trinajstić information content (AvgIpc) is 3.15. The molecule has 0 aliphatic rings. The first-order chi connectivity index (χ1) is 25.9. The van der Waals surface area contributed by atoms with Crippen molar-refractivity contribution in [3.63, 3.8) is 0 Å². The maximum absolute atomic E-state index is 14.1. The maximum Gasteiger partial charge on any atom is 0.511 e. The van der Waals surface area contributed by atoms with Crippen molar-refractivity contribution in [3.05, 3.63) is 138 Å². The Morgan fingerprint density at radius 3 is 1.93 bits per heavy atom. The number of pyridine rings is 1. The van der Waals surface area contributed by atoms with E-state index in [-0.39, 0.29) is 30.9 Å². The molecule has 1 heterocycles. The minimum atomic E-state index is -3.13. The molecule has 0 saturated heterocycles. The molecule has 0 amide bonds. The molecule has 0 aliphatic carbocycles. The van der Waals surface area contributed by atoms with Crippen LogP contribution in [0.25, 0.3) is 22.4 Å². The molecule has 2 atom stereocenters. The number of carboxylic acids is 1. The molecule has 278 valence electrons. The number of benzene rings is 4. The molecule has 1 aromatic heterocycles. The molecule has 0 bridgehead atoms. The van der Waals surface area contributed by atoms with E-state index >= 15 is 0 Å². The number of aliphatic carboxylic acids is 1. The minimum Gasteiger partial charge on any atom is -0.481 e. The Bertz CT molecular complexity index is 2070. The first-order valence-corrected chi connectivity index (χ1v) is 21.6. The molecule has 1 unspecified atom stereocenters. The van der Waals surface area contributed by atoms with Gasteiger partial charge in [-0.3, -0.25) is 9.78 Å². The van der Waals surface area contributed by atoms with Crippen molar-refractivity contribution in [2.75, 3.05) is 12.8 Å². The van der Waals surface area contributed by atoms with Gasteiger partial charge in [0.1, 0.15) is 11.9 Å². The molecular formula is C45H48FNO5PSi+. The van der Waals surface area contributed by atoms with Gasteiger partial charge >= 0.3 is 14.0 Å². The van der Waals surface area contributed by atoms with Crippen LogP contribution < -0.4 is 10.4 Å². The maximum atomic E-state index is 14.1. The lowest BCUT2D eigenvalue weighted by Gasteiger charge is -2.44. The van der Waals surface area contributed by atoms with Gasteiger partial charge in [-0.05, 0) is 55.6 Å². The van der Waals surface area contributed by atoms with Crippen molar-refractivity contribution in [3.8, 4) is 34.2 Å². The summed E-state index contributed by atoms with van der Waals surface area (Å²) < 4.78 is 40.6. The van der Waals surface area contributed by atoms with Gasteiger partial charge < -0.3 is 9.53 Å². The van der Waals surface area contributed by atoms with Crippen LogP contribution in [0.3, 0.4) is 0 Å². The van der Waals surface area contributed by atoms with Crippen LogP contribution >= 0.6 is 8.03 Å². The number of aromatic nitrogens is 1. The second kappa shape index (κ2) is 18.0. The first kappa shape index (κ1) is 40.4. The Labute approximate surface area is 320 Å². The summed E-state index contributed by atoms with van der Waals surface area (Å²) in [4.78, 5) is 17.3. The summed E-state index contributed by atoms with van der Waals surface area (Å²) >= 11 is 0. The number of halogens is 1. The van der Waals surface area contributed by atoms with Crippen molar-refractivity contribution in [1.29, 1.82) is 0 Å². The molecule has 54 heavy (non-hydrogen) atoms. The zero-order valence-electron chi connectivity index (χ0n) is 31.8. The number of nitrogens with zero attached hydrogens (tertiary/aromatic N) is 1. The van der Waals surface area contributed by atoms with Crippen LogP contribution in [-0.2, 0) is 24.7 Å². The largest absolute Gasteiger partial charge is 0.511 e. The molecule has 0 radical (unpaired) electrons. The highest BCUT2D eigenvalue weighted by atomic mass is 31.1. The Hall–Kier alpha value is -4.77. The van der Waals surface area contributed by atoms with Gasteiger partial charge in [-0.25, -0.2) is 4.39 Å². The second-order valence-corrected chi connectivity index (χ2v) is 20.1. The van der Waals surface area contributed by atoms with Gasteiger partial charge in [0.15, 0.2) is 6.61 Å². The van der Waals surface area contributed by atoms with Crippen LogP contribution in [-0.4, -0.2) is 43.2 Å². The Balaban J connectivity index is 1.47. The Morgan fingerprint density at radius 1 is 0.870 bits per heavy atom. The zero-order chi connectivity index (χ0) is 38.9. The molecule has 0 saturated carbocycles. The number of carboxylic acid groups (broad SMARTS) is 1. The Kier molecular flexibility index (Phi) is 13.5. The highest BCUT2D eigenvalue weighted by Gasteiger charge is 2.52. The van der Waals surface area contributed by atoms with E-state index in [2.05, 4.69) is 53.4 Å². The number of rotatable bonds is 14. The van der Waals surface area contributed by atoms with E-state index in [0.29, 0.717) is 12.0 Å². The molecule has 0 spiro atoms. The van der Waals surface area contributed by atoms with Gasteiger partial charge in [-0.1, -0.05) is 157 Å². The third-order valence-electron chi connectivity index (χ3n) is 9.42. The molecule has 0 aliphatic heterocycles. The molecule has 1 N–H and O–H groups in total. The lowest BCUT2D eigenvalue weighted by atomic mass is 9.87. The van der Waals surface area contributed by atoms with Crippen LogP contribution in [0.1, 0.15) is 70.7 Å². The van der Waals surface area contributed by atoms with E-state index in [9.17, 15) is 18.9 Å². The normalized spacial score (nSPS) is 12.6. The van der Waals surface area contributed by atoms with Crippen molar-refractivity contribution < 1.29 is 27.8 Å². The first-order valence-electron chi connectivity index (χ1n) is 18.3. The molecule has 0 fully saturated rings. The van der Waals surface area contributed by atoms with E-state index in [1.807, 2.05) is 91.0 Å². The van der Waals surface area contributed by atoms with Gasteiger partial charge in [0.25, 0.3) is 8.32 Å². The van der Waals surface area contributed by atoms with Crippen molar-refractivity contribution in [1.82, 2.24) is 4.98 Å². The predicted molar refractivity (Wildman–Crippen MR) is 219 cm³/mol. The van der Waals surface area contributed by atoms with Gasteiger partial charge in [0.05, 0.1) is 23.4 Å². The second-order valence-electron chi connectivity index (χ2n) is 14.5. The number of carbonyl (C=O) groups is 1. The monoisotopic (exact) mass is 760 g/mol. The number of hydrogen-bond donors (Lipinski definition) is 1. The van der Waals surface area contributed by atoms with Gasteiger partial charge in [-0.2, -0.15) is 0 Å². The fraction of sp³-hybridized carbons (Fsp3) is 0.289. The van der Waals surface area contributed by atoms with Crippen LogP contribution in [0.4, 0.5) is 4.39 Å². The lowest BCUT2D eigenvalue weighted by molar-refractivity contribution is -0.138. The van der Waals surface area contributed by atoms with E-state index < -0.39 is 33.5 Å². The standard InChI is InChI=1S/C45H47FNO5PSi/c1-7-39-42(33-25-27-35(46)28-26-33)40(43(32(2)3)47-44(39)34-18-11-8-12-19-34)24-17-29-51-53(50)31-36(30-41(48)49)52-54(45(4,5)6,37-20-13-9-14-21-37)38-22-15-10-16-23-38/h8-16,18-23,25-28,32,36H,7,29-31H2,1-6H3/p+1/t36-/m0/s1. The number of hydrogen-bond acceptors (Lipinski definition) is 5. The Morgan fingerprint density at radius 2 is 1.43 bits per heavy atom. The highest BCUT2D eigenvalue weighted by molar-refractivity contribution is 7.39. The van der Waals surface area contributed by atoms with Gasteiger partial charge in [0, 0.05) is 11.1 Å². The lowest BCUT2D eigenvalue weighted by Crippen LogP contribution is -2.68. The van der Waals surface area contributed by atoms with Gasteiger partial charge in [0.2, 0.25) is 6.16 Å². The summed E-state index contributed by atoms with van der Waals surface area (Å²) in [6, 6.07) is 36.3. The summed E-state index contributed by atoms with van der Waals surface area (Å²) in [5.41, 5.74) is 6.04. The zero-order valence-corrected chi connectivity index (χ0v) is 33.7. The van der Waals surface area contributed by atoms with Crippen LogP contribution in [0.2, 0.25) is 5.04 Å². The average molecular weight is 761 g/mol. The molecular weight excluding hydrogens is 713 g/mol. The van der Waals surface area contributed by atoms with E-state index in [4.69, 9.17) is 13.9 Å². The van der Waals surface area contributed by atoms with E-state index in [1.54, 1.807) is 12.1 Å². The summed E-state index contributed by atoms with van der Waals surface area (Å²) in [6.45, 7) is 12.4. The molecule has 5 aromatic rings. The smallest absolute Gasteiger partial charge is 0.481 e. The van der Waals surface area contributed by atoms with Crippen LogP contribution in [0.15, 0.2) is 115 Å². The van der Waals surface area contributed by atoms with Crippen molar-refractivity contribution in [2.45, 2.75) is 71.4 Å². The molecule has 9 heteroatoms. The van der Waals surface area contributed by atoms with E-state index in [0.717, 1.165) is 44.0 Å². The SMILES string of the molecule is CCc1c(-c2ccccc2)nc(C(C)C)c(C#CCO[P+](=O)C[C@H](CC(=O)O)O[Si](c2ccccc2)(c2ccccc2)C(C)(C)C)c1-c1ccc(F)cc1.